The highest BCUT2D eigenvalue weighted by Crippen LogP contribution is 2.63. The molecule has 0 fully saturated rings. The number of fused-ring (bicyclic) bond motifs is 10. The minimum atomic E-state index is -0.419. The Kier molecular flexibility index (Phi) is 4.62. The van der Waals surface area contributed by atoms with Gasteiger partial charge in [0.1, 0.15) is 11.8 Å². The van der Waals surface area contributed by atoms with Crippen molar-refractivity contribution >= 4 is 33.1 Å². The van der Waals surface area contributed by atoms with E-state index >= 15 is 0 Å². The molecule has 2 atom stereocenters. The van der Waals surface area contributed by atoms with Gasteiger partial charge in [-0.15, -0.1) is 0 Å². The molecule has 0 aromatic heterocycles. The molecule has 2 aliphatic carbocycles. The Hall–Kier alpha value is -5.80. The summed E-state index contributed by atoms with van der Waals surface area (Å²) in [6.45, 7) is 0. The fourth-order valence-electron chi connectivity index (χ4n) is 8.87. The number of rotatable bonds is 2. The Morgan fingerprint density at radius 1 is 0.522 bits per heavy atom. The van der Waals surface area contributed by atoms with Gasteiger partial charge in [0, 0.05) is 11.1 Å². The molecule has 0 bridgehead atoms. The monoisotopic (exact) mass is 586 g/mol. The van der Waals surface area contributed by atoms with E-state index in [4.69, 9.17) is 14.7 Å². The maximum absolute atomic E-state index is 6.55. The lowest BCUT2D eigenvalue weighted by Gasteiger charge is -2.31. The zero-order valence-corrected chi connectivity index (χ0v) is 24.8. The van der Waals surface area contributed by atoms with E-state index in [0.29, 0.717) is 0 Å². The Bertz CT molecular complexity index is 2460. The van der Waals surface area contributed by atoms with Crippen molar-refractivity contribution in [3.63, 3.8) is 0 Å². The molecule has 2 aliphatic heterocycles. The van der Waals surface area contributed by atoms with Gasteiger partial charge in [-0.25, -0.2) is 4.99 Å². The fraction of sp³-hybridized carbons (Fsp3) is 0.0698. The first-order chi connectivity index (χ1) is 22.8. The number of benzene rings is 7. The van der Waals surface area contributed by atoms with E-state index in [2.05, 4.69) is 127 Å². The van der Waals surface area contributed by atoms with E-state index in [-0.39, 0.29) is 12.1 Å². The van der Waals surface area contributed by atoms with Gasteiger partial charge in [-0.2, -0.15) is 0 Å². The average molecular weight is 587 g/mol. The molecule has 7 aromatic carbocycles. The lowest BCUT2D eigenvalue weighted by Crippen LogP contribution is -2.34. The molecular formula is C43H26N2O. The van der Waals surface area contributed by atoms with E-state index in [9.17, 15) is 0 Å². The summed E-state index contributed by atoms with van der Waals surface area (Å²) in [5.41, 5.74) is 11.6. The summed E-state index contributed by atoms with van der Waals surface area (Å²) in [6, 6.07) is 52.5. The van der Waals surface area contributed by atoms with Crippen LogP contribution in [0.5, 0.6) is 5.75 Å². The van der Waals surface area contributed by atoms with Gasteiger partial charge in [0.2, 0.25) is 0 Å². The lowest BCUT2D eigenvalue weighted by atomic mass is 9.70. The number of ether oxygens (including phenoxy) is 1. The smallest absolute Gasteiger partial charge is 0.168 e. The van der Waals surface area contributed by atoms with Crippen LogP contribution < -0.4 is 4.74 Å². The predicted molar refractivity (Wildman–Crippen MR) is 185 cm³/mol. The average Bonchev–Trinajstić information content (AvgIpc) is 3.75. The van der Waals surface area contributed by atoms with Gasteiger partial charge in [-0.1, -0.05) is 140 Å². The van der Waals surface area contributed by atoms with Crippen molar-refractivity contribution in [1.82, 2.24) is 0 Å². The van der Waals surface area contributed by atoms with Gasteiger partial charge in [-0.3, -0.25) is 4.99 Å². The molecule has 46 heavy (non-hydrogen) atoms. The summed E-state index contributed by atoms with van der Waals surface area (Å²) in [6.07, 6.45) is -0.265. The highest BCUT2D eigenvalue weighted by Gasteiger charge is 2.51. The molecular weight excluding hydrogens is 560 g/mol. The van der Waals surface area contributed by atoms with E-state index in [0.717, 1.165) is 34.0 Å². The second-order valence-electron chi connectivity index (χ2n) is 12.7. The highest BCUT2D eigenvalue weighted by atomic mass is 16.5. The number of hydrogen-bond donors (Lipinski definition) is 0. The van der Waals surface area contributed by atoms with Crippen LogP contribution in [0.4, 0.5) is 0 Å². The molecule has 11 rings (SSSR count). The largest absolute Gasteiger partial charge is 0.481 e. The van der Waals surface area contributed by atoms with E-state index < -0.39 is 5.41 Å². The number of hydrogen-bond acceptors (Lipinski definition) is 3. The topological polar surface area (TPSA) is 34.0 Å². The van der Waals surface area contributed by atoms with Gasteiger partial charge in [0.25, 0.3) is 0 Å². The molecule has 2 heterocycles. The Morgan fingerprint density at radius 3 is 1.96 bits per heavy atom. The molecule has 214 valence electrons. The third-order valence-electron chi connectivity index (χ3n) is 10.6. The van der Waals surface area contributed by atoms with Crippen molar-refractivity contribution in [1.29, 1.82) is 0 Å². The minimum Gasteiger partial charge on any atom is -0.481 e. The molecule has 0 saturated heterocycles. The van der Waals surface area contributed by atoms with Crippen LogP contribution in [0.3, 0.4) is 0 Å². The van der Waals surface area contributed by atoms with Gasteiger partial charge in [-0.05, 0) is 66.6 Å². The Labute approximate surface area is 266 Å². The Morgan fingerprint density at radius 2 is 1.15 bits per heavy atom. The van der Waals surface area contributed by atoms with E-state index in [1.807, 2.05) is 18.2 Å². The first kappa shape index (κ1) is 24.5. The van der Waals surface area contributed by atoms with Crippen LogP contribution in [-0.2, 0) is 5.41 Å². The van der Waals surface area contributed by atoms with Gasteiger partial charge < -0.3 is 4.74 Å². The van der Waals surface area contributed by atoms with E-state index in [1.54, 1.807) is 0 Å². The minimum absolute atomic E-state index is 0.168. The highest BCUT2D eigenvalue weighted by molar-refractivity contribution is 6.21. The number of para-hydroxylation sites is 1. The summed E-state index contributed by atoms with van der Waals surface area (Å²) >= 11 is 0. The number of amidine groups is 1. The standard InChI is InChI=1S/C43H26N2O/c1-2-11-27(12-3-1)39-41-40(29-16-5-7-22-35(29)46-41)45-42(44-39)30-17-10-21-34-38(30)28-15-4-6-18-31(28)43(34)32-19-8-13-25-23-24-26-14-9-20-33(43)37(26)36(25)32/h1-24,40-41H. The molecule has 3 heteroatoms. The van der Waals surface area contributed by atoms with Gasteiger partial charge in [0.15, 0.2) is 11.9 Å². The molecule has 2 unspecified atom stereocenters. The van der Waals surface area contributed by atoms with Crippen LogP contribution in [0.15, 0.2) is 156 Å². The van der Waals surface area contributed by atoms with Crippen LogP contribution in [0, 0.1) is 0 Å². The third-order valence-corrected chi connectivity index (χ3v) is 10.6. The summed E-state index contributed by atoms with van der Waals surface area (Å²) < 4.78 is 6.55. The SMILES string of the molecule is c1ccc(C2=NC(c3cccc4c3-c3ccccc3C43c4cccc5ccc6cccc3c6c45)=NC3c4ccccc4OC23)cc1. The molecule has 4 aliphatic rings. The van der Waals surface area contributed by atoms with Crippen molar-refractivity contribution < 1.29 is 4.74 Å². The van der Waals surface area contributed by atoms with Crippen LogP contribution in [0.25, 0.3) is 32.7 Å². The molecule has 0 saturated carbocycles. The molecule has 0 radical (unpaired) electrons. The number of nitrogens with zero attached hydrogens (tertiary/aromatic N) is 2. The molecule has 7 aromatic rings. The normalized spacial score (nSPS) is 19.0. The lowest BCUT2D eigenvalue weighted by molar-refractivity contribution is 0.275. The maximum atomic E-state index is 6.55. The summed E-state index contributed by atoms with van der Waals surface area (Å²) in [7, 11) is 0. The maximum Gasteiger partial charge on any atom is 0.168 e. The zero-order chi connectivity index (χ0) is 30.0. The van der Waals surface area contributed by atoms with Crippen molar-refractivity contribution in [2.45, 2.75) is 17.6 Å². The summed E-state index contributed by atoms with van der Waals surface area (Å²) in [5, 5.41) is 5.31. The molecule has 3 nitrogen and oxygen atoms in total. The first-order valence-corrected chi connectivity index (χ1v) is 16.0. The molecule has 1 spiro atoms. The third kappa shape index (κ3) is 2.89. The van der Waals surface area contributed by atoms with Gasteiger partial charge in [0.05, 0.1) is 11.1 Å². The fourth-order valence-corrected chi connectivity index (χ4v) is 8.87. The molecule has 0 N–H and O–H groups in total. The molecule has 0 amide bonds. The van der Waals surface area contributed by atoms with Crippen molar-refractivity contribution in [2.75, 3.05) is 0 Å². The van der Waals surface area contributed by atoms with Gasteiger partial charge >= 0.3 is 0 Å². The predicted octanol–water partition coefficient (Wildman–Crippen LogP) is 9.42. The summed E-state index contributed by atoms with van der Waals surface area (Å²) in [5.74, 6) is 1.65. The second-order valence-corrected chi connectivity index (χ2v) is 12.7. The van der Waals surface area contributed by atoms with E-state index in [1.165, 1.54) is 54.9 Å². The second kappa shape index (κ2) is 8.68. The van der Waals surface area contributed by atoms with Crippen molar-refractivity contribution in [3.8, 4) is 16.9 Å². The first-order valence-electron chi connectivity index (χ1n) is 16.0. The zero-order valence-electron chi connectivity index (χ0n) is 24.8. The van der Waals surface area contributed by atoms with Crippen LogP contribution >= 0.6 is 0 Å². The van der Waals surface area contributed by atoms with Crippen molar-refractivity contribution in [2.24, 2.45) is 9.98 Å². The number of aliphatic imine (C=N–C) groups is 2. The van der Waals surface area contributed by atoms with Crippen molar-refractivity contribution in [3.05, 3.63) is 185 Å². The Balaban J connectivity index is 1.22. The van der Waals surface area contributed by atoms with Crippen LogP contribution in [0.1, 0.15) is 45.0 Å². The summed E-state index contributed by atoms with van der Waals surface area (Å²) in [4.78, 5) is 10.8. The van der Waals surface area contributed by atoms with Crippen LogP contribution in [0.2, 0.25) is 0 Å². The van der Waals surface area contributed by atoms with Crippen LogP contribution in [-0.4, -0.2) is 17.7 Å². The quantitative estimate of drug-likeness (QED) is 0.186.